The molecule has 0 aliphatic carbocycles. The summed E-state index contributed by atoms with van der Waals surface area (Å²) < 4.78 is 31.1. The maximum absolute atomic E-state index is 13.0. The molecule has 0 bridgehead atoms. The molecule has 1 N–H and O–H groups in total. The first-order valence-corrected chi connectivity index (χ1v) is 8.84. The quantitative estimate of drug-likeness (QED) is 0.507. The van der Waals surface area contributed by atoms with E-state index < -0.39 is 25.2 Å². The molecule has 1 aromatic heterocycles. The van der Waals surface area contributed by atoms with E-state index in [9.17, 15) is 18.5 Å². The van der Waals surface area contributed by atoms with Gasteiger partial charge in [-0.2, -0.15) is 5.21 Å². The van der Waals surface area contributed by atoms with Crippen LogP contribution >= 0.6 is 0 Å². The fraction of sp³-hybridized carbons (Fsp3) is 0.133. The van der Waals surface area contributed by atoms with Crippen LogP contribution in [0.25, 0.3) is 0 Å². The molecule has 3 rings (SSSR count). The lowest BCUT2D eigenvalue weighted by Crippen LogP contribution is -2.17. The van der Waals surface area contributed by atoms with Crippen molar-refractivity contribution in [3.05, 3.63) is 69.8 Å². The summed E-state index contributed by atoms with van der Waals surface area (Å²) in [6.07, 6.45) is 0. The second-order valence-electron chi connectivity index (χ2n) is 5.24. The largest absolute Gasteiger partial charge is 0.497 e. The first-order valence-electron chi connectivity index (χ1n) is 7.29. The molecule has 0 amide bonds. The van der Waals surface area contributed by atoms with Crippen LogP contribution in [0.5, 0.6) is 5.75 Å². The molecule has 0 aliphatic rings. The molecule has 10 nitrogen and oxygen atoms in total. The first-order chi connectivity index (χ1) is 12.4. The number of sulfone groups is 1. The van der Waals surface area contributed by atoms with Gasteiger partial charge in [0, 0.05) is 12.1 Å². The molecule has 0 spiro atoms. The number of nitro groups is 1. The van der Waals surface area contributed by atoms with Gasteiger partial charge < -0.3 is 4.74 Å². The lowest BCUT2D eigenvalue weighted by atomic mass is 10.0. The molecule has 0 aliphatic heterocycles. The Hall–Kier alpha value is -3.34. The van der Waals surface area contributed by atoms with E-state index in [0.717, 1.165) is 0 Å². The minimum absolute atomic E-state index is 0.140. The van der Waals surface area contributed by atoms with E-state index in [1.54, 1.807) is 24.3 Å². The van der Waals surface area contributed by atoms with Crippen LogP contribution < -0.4 is 4.74 Å². The van der Waals surface area contributed by atoms with Crippen molar-refractivity contribution in [3.8, 4) is 5.75 Å². The number of nitro benzene ring substituents is 1. The Kier molecular flexibility index (Phi) is 4.63. The van der Waals surface area contributed by atoms with Crippen molar-refractivity contribution in [2.45, 2.75) is 10.4 Å². The van der Waals surface area contributed by atoms with Crippen molar-refractivity contribution in [3.63, 3.8) is 0 Å². The molecule has 26 heavy (non-hydrogen) atoms. The van der Waals surface area contributed by atoms with Gasteiger partial charge in [-0.1, -0.05) is 29.4 Å². The van der Waals surface area contributed by atoms with Gasteiger partial charge >= 0.3 is 0 Å². The molecule has 1 unspecified atom stereocenters. The number of aromatic amines is 1. The third kappa shape index (κ3) is 3.24. The summed E-state index contributed by atoms with van der Waals surface area (Å²) in [7, 11) is -2.54. The SMILES string of the molecule is COc1ccc(C(c2ccc([N+](=O)[O-])cc2)S(=O)(=O)c2nn[nH]n2)cc1. The van der Waals surface area contributed by atoms with E-state index in [0.29, 0.717) is 16.9 Å². The number of hydrogen-bond donors (Lipinski definition) is 1. The standard InChI is InChI=1S/C15H13N5O5S/c1-25-13-8-4-11(5-9-13)14(26(23,24)15-16-18-19-17-15)10-2-6-12(7-3-10)20(21)22/h2-9,14H,1H3,(H,16,17,18,19). The number of hydrogen-bond acceptors (Lipinski definition) is 8. The zero-order chi connectivity index (χ0) is 18.7. The number of nitrogens with zero attached hydrogens (tertiary/aromatic N) is 4. The number of aromatic nitrogens is 4. The van der Waals surface area contributed by atoms with Gasteiger partial charge in [0.05, 0.1) is 12.0 Å². The highest BCUT2D eigenvalue weighted by Crippen LogP contribution is 2.35. The predicted molar refractivity (Wildman–Crippen MR) is 89.3 cm³/mol. The summed E-state index contributed by atoms with van der Waals surface area (Å²) in [5.74, 6) is 0.563. The van der Waals surface area contributed by atoms with E-state index in [-0.39, 0.29) is 5.69 Å². The normalized spacial score (nSPS) is 12.5. The minimum Gasteiger partial charge on any atom is -0.497 e. The van der Waals surface area contributed by atoms with Gasteiger partial charge in [-0.25, -0.2) is 8.42 Å². The van der Waals surface area contributed by atoms with Crippen molar-refractivity contribution in [2.75, 3.05) is 7.11 Å². The van der Waals surface area contributed by atoms with Gasteiger partial charge in [0.2, 0.25) is 9.84 Å². The van der Waals surface area contributed by atoms with Gasteiger partial charge in [-0.15, -0.1) is 5.10 Å². The van der Waals surface area contributed by atoms with Crippen LogP contribution in [-0.4, -0.2) is 41.1 Å². The van der Waals surface area contributed by atoms with Crippen molar-refractivity contribution in [2.24, 2.45) is 0 Å². The zero-order valence-corrected chi connectivity index (χ0v) is 14.3. The second kappa shape index (κ2) is 6.88. The molecule has 134 valence electrons. The van der Waals surface area contributed by atoms with Gasteiger partial charge in [0.1, 0.15) is 11.0 Å². The Morgan fingerprint density at radius 3 is 2.12 bits per heavy atom. The van der Waals surface area contributed by atoms with Crippen LogP contribution in [0, 0.1) is 10.1 Å². The van der Waals surface area contributed by atoms with E-state index in [4.69, 9.17) is 4.74 Å². The van der Waals surface area contributed by atoms with E-state index in [1.807, 2.05) is 0 Å². The average molecular weight is 375 g/mol. The molecular formula is C15H13N5O5S. The third-order valence-electron chi connectivity index (χ3n) is 3.72. The summed E-state index contributed by atoms with van der Waals surface area (Å²) >= 11 is 0. The summed E-state index contributed by atoms with van der Waals surface area (Å²) in [5.41, 5.74) is 0.634. The lowest BCUT2D eigenvalue weighted by molar-refractivity contribution is -0.384. The lowest BCUT2D eigenvalue weighted by Gasteiger charge is -2.17. The highest BCUT2D eigenvalue weighted by Gasteiger charge is 2.34. The van der Waals surface area contributed by atoms with Crippen molar-refractivity contribution in [1.82, 2.24) is 20.6 Å². The molecular weight excluding hydrogens is 362 g/mol. The predicted octanol–water partition coefficient (Wildman–Crippen LogP) is 1.68. The first kappa shape index (κ1) is 17.5. The fourth-order valence-corrected chi connectivity index (χ4v) is 4.04. The maximum atomic E-state index is 13.0. The van der Waals surface area contributed by atoms with Crippen LogP contribution in [0.15, 0.2) is 53.7 Å². The summed E-state index contributed by atoms with van der Waals surface area (Å²) in [6, 6.07) is 11.7. The molecule has 1 atom stereocenters. The third-order valence-corrected chi connectivity index (χ3v) is 5.56. The zero-order valence-electron chi connectivity index (χ0n) is 13.4. The number of benzene rings is 2. The second-order valence-corrected chi connectivity index (χ2v) is 7.17. The van der Waals surface area contributed by atoms with E-state index >= 15 is 0 Å². The number of non-ortho nitro benzene ring substituents is 1. The van der Waals surface area contributed by atoms with Crippen molar-refractivity contribution >= 4 is 15.5 Å². The number of H-pyrrole nitrogens is 1. The molecule has 0 saturated carbocycles. The number of ether oxygens (including phenoxy) is 1. The number of nitrogens with one attached hydrogen (secondary N) is 1. The van der Waals surface area contributed by atoms with Gasteiger partial charge in [0.25, 0.3) is 10.8 Å². The Labute approximate surface area is 147 Å². The van der Waals surface area contributed by atoms with Crippen LogP contribution in [0.2, 0.25) is 0 Å². The summed E-state index contributed by atoms with van der Waals surface area (Å²) in [4.78, 5) is 10.3. The highest BCUT2D eigenvalue weighted by atomic mass is 32.2. The Balaban J connectivity index is 2.13. The van der Waals surface area contributed by atoms with Crippen LogP contribution in [-0.2, 0) is 9.84 Å². The van der Waals surface area contributed by atoms with E-state index in [2.05, 4.69) is 20.6 Å². The van der Waals surface area contributed by atoms with Gasteiger partial charge in [-0.3, -0.25) is 10.1 Å². The monoisotopic (exact) mass is 375 g/mol. The maximum Gasteiger partial charge on any atom is 0.289 e. The molecule has 11 heteroatoms. The Morgan fingerprint density at radius 2 is 1.65 bits per heavy atom. The van der Waals surface area contributed by atoms with Crippen LogP contribution in [0.1, 0.15) is 16.4 Å². The number of tetrazole rings is 1. The molecule has 1 heterocycles. The minimum atomic E-state index is -4.04. The average Bonchev–Trinajstić information content (AvgIpc) is 3.18. The summed E-state index contributed by atoms with van der Waals surface area (Å²) in [6.45, 7) is 0. The summed E-state index contributed by atoms with van der Waals surface area (Å²) in [5, 5.41) is 21.8. The Bertz CT molecular complexity index is 1000. The fourth-order valence-electron chi connectivity index (χ4n) is 2.48. The van der Waals surface area contributed by atoms with Crippen molar-refractivity contribution in [1.29, 1.82) is 0 Å². The smallest absolute Gasteiger partial charge is 0.289 e. The van der Waals surface area contributed by atoms with Gasteiger partial charge in [-0.05, 0) is 28.5 Å². The highest BCUT2D eigenvalue weighted by molar-refractivity contribution is 7.91. The number of rotatable bonds is 6. The van der Waals surface area contributed by atoms with Crippen LogP contribution in [0.4, 0.5) is 5.69 Å². The number of methoxy groups -OCH3 is 1. The van der Waals surface area contributed by atoms with E-state index in [1.165, 1.54) is 31.4 Å². The molecule has 0 radical (unpaired) electrons. The molecule has 3 aromatic rings. The molecule has 0 fully saturated rings. The molecule has 0 saturated heterocycles. The van der Waals surface area contributed by atoms with Crippen molar-refractivity contribution < 1.29 is 18.1 Å². The Morgan fingerprint density at radius 1 is 1.08 bits per heavy atom. The topological polar surface area (TPSA) is 141 Å². The van der Waals surface area contributed by atoms with Crippen LogP contribution in [0.3, 0.4) is 0 Å². The van der Waals surface area contributed by atoms with Gasteiger partial charge in [0.15, 0.2) is 0 Å². The molecule has 2 aromatic carbocycles.